The van der Waals surface area contributed by atoms with Gasteiger partial charge in [0, 0.05) is 45.9 Å². The highest BCUT2D eigenvalue weighted by Gasteiger charge is 2.24. The third-order valence-electron chi connectivity index (χ3n) is 5.64. The number of hydrogen-bond acceptors (Lipinski definition) is 3. The van der Waals surface area contributed by atoms with Gasteiger partial charge in [0.2, 0.25) is 0 Å². The molecule has 1 unspecified atom stereocenters. The number of halogens is 1. The summed E-state index contributed by atoms with van der Waals surface area (Å²) in [4.78, 5) is 7.02. The summed E-state index contributed by atoms with van der Waals surface area (Å²) in [6.07, 6.45) is 4.65. The van der Waals surface area contributed by atoms with Crippen LogP contribution in [-0.4, -0.2) is 56.8 Å². The van der Waals surface area contributed by atoms with Gasteiger partial charge in [0.1, 0.15) is 0 Å². The maximum Gasteiger partial charge on any atom is 0.191 e. The van der Waals surface area contributed by atoms with Gasteiger partial charge in [0.25, 0.3) is 0 Å². The molecule has 0 amide bonds. The van der Waals surface area contributed by atoms with Crippen molar-refractivity contribution in [3.05, 3.63) is 35.4 Å². The second kappa shape index (κ2) is 11.9. The lowest BCUT2D eigenvalue weighted by Gasteiger charge is -2.34. The van der Waals surface area contributed by atoms with Crippen molar-refractivity contribution in [3.8, 4) is 0 Å². The van der Waals surface area contributed by atoms with Crippen molar-refractivity contribution in [2.45, 2.75) is 45.2 Å². The van der Waals surface area contributed by atoms with Gasteiger partial charge in [-0.2, -0.15) is 0 Å². The van der Waals surface area contributed by atoms with E-state index in [1.165, 1.54) is 50.0 Å². The van der Waals surface area contributed by atoms with Gasteiger partial charge in [0.05, 0.1) is 6.61 Å². The van der Waals surface area contributed by atoms with Gasteiger partial charge >= 0.3 is 0 Å². The summed E-state index contributed by atoms with van der Waals surface area (Å²) < 4.78 is 5.50. The maximum absolute atomic E-state index is 5.50. The van der Waals surface area contributed by atoms with Crippen LogP contribution in [0, 0.1) is 5.92 Å². The molecule has 1 aromatic rings. The van der Waals surface area contributed by atoms with Crippen molar-refractivity contribution in [2.24, 2.45) is 10.9 Å². The van der Waals surface area contributed by atoms with Crippen LogP contribution in [0.3, 0.4) is 0 Å². The van der Waals surface area contributed by atoms with E-state index in [9.17, 15) is 0 Å². The summed E-state index contributed by atoms with van der Waals surface area (Å²) >= 11 is 0. The second-order valence-corrected chi connectivity index (χ2v) is 7.50. The standard InChI is InChI=1S/C21H34N4O.HI/c1-3-18-6-4-5-7-19(18)14-23-21(22-2)24-20-8-11-25(12-9-20)15-17-10-13-26-16-17;/h4-7,17,20H,3,8-16H2,1-2H3,(H2,22,23,24);1H. The molecule has 5 nitrogen and oxygen atoms in total. The van der Waals surface area contributed by atoms with Crippen LogP contribution in [0.2, 0.25) is 0 Å². The molecule has 2 saturated heterocycles. The number of nitrogens with zero attached hydrogens (tertiary/aromatic N) is 2. The van der Waals surface area contributed by atoms with E-state index in [0.717, 1.165) is 38.1 Å². The number of aliphatic imine (C=N–C) groups is 1. The maximum atomic E-state index is 5.50. The van der Waals surface area contributed by atoms with Crippen molar-refractivity contribution in [2.75, 3.05) is 39.9 Å². The first-order chi connectivity index (χ1) is 12.8. The molecule has 2 fully saturated rings. The number of guanidine groups is 1. The lowest BCUT2D eigenvalue weighted by atomic mass is 10.0. The number of aryl methyl sites for hydroxylation is 1. The van der Waals surface area contributed by atoms with Crippen molar-refractivity contribution < 1.29 is 4.74 Å². The molecule has 1 atom stereocenters. The Morgan fingerprint density at radius 3 is 2.56 bits per heavy atom. The van der Waals surface area contributed by atoms with E-state index >= 15 is 0 Å². The molecule has 6 heteroatoms. The molecular formula is C21H35IN4O. The summed E-state index contributed by atoms with van der Waals surface area (Å²) in [5.74, 6) is 1.66. The number of hydrogen-bond donors (Lipinski definition) is 2. The molecule has 0 aromatic heterocycles. The zero-order chi connectivity index (χ0) is 18.2. The fourth-order valence-corrected chi connectivity index (χ4v) is 3.99. The summed E-state index contributed by atoms with van der Waals surface area (Å²) in [7, 11) is 1.86. The molecule has 2 aliphatic rings. The predicted octanol–water partition coefficient (Wildman–Crippen LogP) is 3.03. The van der Waals surface area contributed by atoms with E-state index in [-0.39, 0.29) is 24.0 Å². The predicted molar refractivity (Wildman–Crippen MR) is 123 cm³/mol. The third kappa shape index (κ3) is 6.91. The first-order valence-electron chi connectivity index (χ1n) is 10.1. The highest BCUT2D eigenvalue weighted by Crippen LogP contribution is 2.17. The third-order valence-corrected chi connectivity index (χ3v) is 5.64. The van der Waals surface area contributed by atoms with Crippen molar-refractivity contribution >= 4 is 29.9 Å². The minimum absolute atomic E-state index is 0. The van der Waals surface area contributed by atoms with Crippen LogP contribution in [-0.2, 0) is 17.7 Å². The quantitative estimate of drug-likeness (QED) is 0.369. The first-order valence-corrected chi connectivity index (χ1v) is 10.1. The molecule has 2 heterocycles. The second-order valence-electron chi connectivity index (χ2n) is 7.50. The summed E-state index contributed by atoms with van der Waals surface area (Å²) in [5, 5.41) is 7.10. The Labute approximate surface area is 181 Å². The zero-order valence-electron chi connectivity index (χ0n) is 16.7. The molecular weight excluding hydrogens is 451 g/mol. The van der Waals surface area contributed by atoms with Gasteiger partial charge < -0.3 is 20.3 Å². The zero-order valence-corrected chi connectivity index (χ0v) is 19.1. The van der Waals surface area contributed by atoms with Crippen LogP contribution in [0.25, 0.3) is 0 Å². The Morgan fingerprint density at radius 1 is 1.19 bits per heavy atom. The topological polar surface area (TPSA) is 48.9 Å². The van der Waals surface area contributed by atoms with Gasteiger partial charge in [-0.15, -0.1) is 24.0 Å². The average molecular weight is 486 g/mol. The smallest absolute Gasteiger partial charge is 0.191 e. The van der Waals surface area contributed by atoms with Crippen molar-refractivity contribution in [3.63, 3.8) is 0 Å². The van der Waals surface area contributed by atoms with E-state index in [1.54, 1.807) is 0 Å². The number of benzene rings is 1. The lowest BCUT2D eigenvalue weighted by molar-refractivity contribution is 0.150. The van der Waals surface area contributed by atoms with Crippen LogP contribution in [0.4, 0.5) is 0 Å². The number of ether oxygens (including phenoxy) is 1. The molecule has 152 valence electrons. The van der Waals surface area contributed by atoms with Crippen molar-refractivity contribution in [1.82, 2.24) is 15.5 Å². The molecule has 0 bridgehead atoms. The van der Waals surface area contributed by atoms with Crippen LogP contribution >= 0.6 is 24.0 Å². The molecule has 2 N–H and O–H groups in total. The monoisotopic (exact) mass is 486 g/mol. The Bertz CT molecular complexity index is 581. The number of nitrogens with one attached hydrogen (secondary N) is 2. The Kier molecular flexibility index (Phi) is 9.86. The van der Waals surface area contributed by atoms with Crippen LogP contribution < -0.4 is 10.6 Å². The molecule has 0 radical (unpaired) electrons. The van der Waals surface area contributed by atoms with E-state index in [1.807, 2.05) is 7.05 Å². The number of piperidine rings is 1. The van der Waals surface area contributed by atoms with Crippen LogP contribution in [0.15, 0.2) is 29.3 Å². The van der Waals surface area contributed by atoms with Crippen LogP contribution in [0.1, 0.15) is 37.3 Å². The molecule has 1 aromatic carbocycles. The molecule has 3 rings (SSSR count). The summed E-state index contributed by atoms with van der Waals surface area (Å²) in [6.45, 7) is 8.47. The Balaban J connectivity index is 0.00000261. The SMILES string of the molecule is CCc1ccccc1CNC(=NC)NC1CCN(CC2CCOC2)CC1.I. The molecule has 0 aliphatic carbocycles. The van der Waals surface area contributed by atoms with Gasteiger partial charge in [-0.3, -0.25) is 4.99 Å². The average Bonchev–Trinajstić information content (AvgIpc) is 3.19. The van der Waals surface area contributed by atoms with Crippen LogP contribution in [0.5, 0.6) is 0 Å². The minimum atomic E-state index is 0. The van der Waals surface area contributed by atoms with E-state index in [4.69, 9.17) is 4.74 Å². The van der Waals surface area contributed by atoms with Gasteiger partial charge in [-0.05, 0) is 42.7 Å². The summed E-state index contributed by atoms with van der Waals surface area (Å²) in [5.41, 5.74) is 2.76. The molecule has 2 aliphatic heterocycles. The van der Waals surface area contributed by atoms with Gasteiger partial charge in [-0.25, -0.2) is 0 Å². The van der Waals surface area contributed by atoms with Gasteiger partial charge in [-0.1, -0.05) is 31.2 Å². The fraction of sp³-hybridized carbons (Fsp3) is 0.667. The Morgan fingerprint density at radius 2 is 1.93 bits per heavy atom. The minimum Gasteiger partial charge on any atom is -0.381 e. The van der Waals surface area contributed by atoms with E-state index in [2.05, 4.69) is 51.7 Å². The Hall–Kier alpha value is -0.860. The highest BCUT2D eigenvalue weighted by molar-refractivity contribution is 14.0. The van der Waals surface area contributed by atoms with E-state index in [0.29, 0.717) is 6.04 Å². The van der Waals surface area contributed by atoms with Crippen molar-refractivity contribution in [1.29, 1.82) is 0 Å². The first kappa shape index (κ1) is 22.4. The summed E-state index contributed by atoms with van der Waals surface area (Å²) in [6, 6.07) is 9.14. The molecule has 0 spiro atoms. The normalized spacial score (nSPS) is 21.7. The number of rotatable bonds is 6. The lowest BCUT2D eigenvalue weighted by Crippen LogP contribution is -2.49. The largest absolute Gasteiger partial charge is 0.381 e. The molecule has 0 saturated carbocycles. The fourth-order valence-electron chi connectivity index (χ4n) is 3.99. The number of likely N-dealkylation sites (tertiary alicyclic amines) is 1. The molecule has 27 heavy (non-hydrogen) atoms. The highest BCUT2D eigenvalue weighted by atomic mass is 127. The van der Waals surface area contributed by atoms with Gasteiger partial charge in [0.15, 0.2) is 5.96 Å². The van der Waals surface area contributed by atoms with E-state index < -0.39 is 0 Å².